The molecule has 2 aliphatic heterocycles. The first-order valence-electron chi connectivity index (χ1n) is 12.2. The molecule has 38 heavy (non-hydrogen) atoms. The van der Waals surface area contributed by atoms with Crippen LogP contribution in [0.5, 0.6) is 0 Å². The zero-order valence-corrected chi connectivity index (χ0v) is 21.8. The summed E-state index contributed by atoms with van der Waals surface area (Å²) in [5, 5.41) is 15.0. The molecule has 3 aromatic heterocycles. The molecule has 0 unspecified atom stereocenters. The number of nitrogen functional groups attached to an aromatic ring is 1. The molecule has 10 nitrogen and oxygen atoms in total. The van der Waals surface area contributed by atoms with Crippen molar-refractivity contribution in [2.75, 3.05) is 51.4 Å². The first kappa shape index (κ1) is 29.2. The molecule has 0 amide bonds. The van der Waals surface area contributed by atoms with Gasteiger partial charge in [0, 0.05) is 45.2 Å². The molecular weight excluding hydrogens is 506 g/mol. The summed E-state index contributed by atoms with van der Waals surface area (Å²) in [5.41, 5.74) is 9.84. The number of hydrogen-bond donors (Lipinski definition) is 2. The Balaban J connectivity index is 0.000000207. The SMILES string of the molecule is CCC(F)F.CN=Nc1ccc(-c2ccn3nc(N)nc(NC)c23)nc1C.FC1(F)CCN(C2COC2)C1. The minimum Gasteiger partial charge on any atom is -0.378 e. The average Bonchev–Trinajstić information content (AvgIpc) is 3.42. The Morgan fingerprint density at radius 3 is 2.45 bits per heavy atom. The minimum atomic E-state index is -2.45. The summed E-state index contributed by atoms with van der Waals surface area (Å²) in [6, 6.07) is 6.00. The number of nitrogens with one attached hydrogen (secondary N) is 1. The van der Waals surface area contributed by atoms with Crippen molar-refractivity contribution in [3.8, 4) is 11.3 Å². The lowest BCUT2D eigenvalue weighted by Crippen LogP contribution is -2.48. The maximum absolute atomic E-state index is 12.6. The van der Waals surface area contributed by atoms with Gasteiger partial charge in [-0.1, -0.05) is 6.92 Å². The fourth-order valence-electron chi connectivity index (χ4n) is 3.85. The fraction of sp³-hybridized carbons (Fsp3) is 0.542. The monoisotopic (exact) mass is 539 g/mol. The lowest BCUT2D eigenvalue weighted by atomic mass is 10.1. The highest BCUT2D eigenvalue weighted by atomic mass is 19.3. The number of rotatable bonds is 5. The Morgan fingerprint density at radius 2 is 1.95 bits per heavy atom. The highest BCUT2D eigenvalue weighted by Gasteiger charge is 2.42. The average molecular weight is 540 g/mol. The van der Waals surface area contributed by atoms with Gasteiger partial charge in [0.05, 0.1) is 37.2 Å². The molecule has 3 N–H and O–H groups in total. The Hall–Kier alpha value is -3.39. The smallest absolute Gasteiger partial charge is 0.261 e. The summed E-state index contributed by atoms with van der Waals surface area (Å²) < 4.78 is 53.4. The summed E-state index contributed by atoms with van der Waals surface area (Å²) in [6.07, 6.45) is -0.293. The molecular formula is C24H33F4N9O. The van der Waals surface area contributed by atoms with E-state index in [9.17, 15) is 17.6 Å². The molecule has 0 spiro atoms. The van der Waals surface area contributed by atoms with Crippen LogP contribution >= 0.6 is 0 Å². The number of ether oxygens (including phenoxy) is 1. The number of likely N-dealkylation sites (tertiary alicyclic amines) is 1. The summed E-state index contributed by atoms with van der Waals surface area (Å²) in [5.74, 6) is -1.58. The van der Waals surface area contributed by atoms with Gasteiger partial charge in [0.25, 0.3) is 5.92 Å². The highest BCUT2D eigenvalue weighted by molar-refractivity contribution is 5.87. The number of azo groups is 1. The second-order valence-electron chi connectivity index (χ2n) is 8.76. The number of pyridine rings is 1. The van der Waals surface area contributed by atoms with Gasteiger partial charge in [-0.15, -0.1) is 5.10 Å². The van der Waals surface area contributed by atoms with Crippen molar-refractivity contribution >= 4 is 23.0 Å². The lowest BCUT2D eigenvalue weighted by molar-refractivity contribution is -0.0707. The third kappa shape index (κ3) is 7.34. The molecule has 0 saturated carbocycles. The van der Waals surface area contributed by atoms with Crippen LogP contribution in [-0.2, 0) is 4.74 Å². The Kier molecular flexibility index (Phi) is 9.91. The largest absolute Gasteiger partial charge is 0.378 e. The number of alkyl halides is 4. The number of halogens is 4. The van der Waals surface area contributed by atoms with Crippen LogP contribution in [0, 0.1) is 6.92 Å². The van der Waals surface area contributed by atoms with Crippen LogP contribution in [0.3, 0.4) is 0 Å². The van der Waals surface area contributed by atoms with E-state index in [1.165, 1.54) is 6.92 Å². The summed E-state index contributed by atoms with van der Waals surface area (Å²) >= 11 is 0. The van der Waals surface area contributed by atoms with Crippen molar-refractivity contribution in [3.05, 3.63) is 30.1 Å². The second kappa shape index (κ2) is 12.9. The molecule has 0 radical (unpaired) electrons. The van der Waals surface area contributed by atoms with Crippen molar-refractivity contribution in [2.45, 2.75) is 45.1 Å². The maximum Gasteiger partial charge on any atom is 0.261 e. The zero-order valence-electron chi connectivity index (χ0n) is 21.8. The molecule has 0 bridgehead atoms. The van der Waals surface area contributed by atoms with Gasteiger partial charge in [-0.05, 0) is 25.1 Å². The van der Waals surface area contributed by atoms with E-state index >= 15 is 0 Å². The van der Waals surface area contributed by atoms with Crippen LogP contribution in [0.25, 0.3) is 16.8 Å². The molecule has 3 aromatic rings. The molecule has 0 aliphatic carbocycles. The van der Waals surface area contributed by atoms with Gasteiger partial charge >= 0.3 is 0 Å². The van der Waals surface area contributed by atoms with Crippen molar-refractivity contribution < 1.29 is 22.3 Å². The Bertz CT molecular complexity index is 1230. The molecule has 0 aromatic carbocycles. The Morgan fingerprint density at radius 1 is 1.24 bits per heavy atom. The molecule has 5 heterocycles. The number of fused-ring (bicyclic) bond motifs is 1. The number of aromatic nitrogens is 4. The molecule has 208 valence electrons. The van der Waals surface area contributed by atoms with E-state index in [1.54, 1.807) is 18.6 Å². The Labute approximate surface area is 218 Å². The third-order valence-corrected chi connectivity index (χ3v) is 5.95. The van der Waals surface area contributed by atoms with Crippen LogP contribution in [0.15, 0.2) is 34.6 Å². The van der Waals surface area contributed by atoms with E-state index in [2.05, 4.69) is 30.6 Å². The number of nitrogens with two attached hydrogens (primary N) is 1. The second-order valence-corrected chi connectivity index (χ2v) is 8.76. The molecule has 2 fully saturated rings. The molecule has 2 saturated heterocycles. The van der Waals surface area contributed by atoms with Crippen molar-refractivity contribution in [1.82, 2.24) is 24.5 Å². The predicted molar refractivity (Wildman–Crippen MR) is 137 cm³/mol. The van der Waals surface area contributed by atoms with Crippen LogP contribution in [0.2, 0.25) is 0 Å². The van der Waals surface area contributed by atoms with Crippen LogP contribution in [-0.4, -0.2) is 83.3 Å². The van der Waals surface area contributed by atoms with Gasteiger partial charge in [0.2, 0.25) is 12.4 Å². The highest BCUT2D eigenvalue weighted by Crippen LogP contribution is 2.31. The van der Waals surface area contributed by atoms with E-state index in [0.29, 0.717) is 25.6 Å². The van der Waals surface area contributed by atoms with Gasteiger partial charge < -0.3 is 15.8 Å². The number of nitrogens with zero attached hydrogens (tertiary/aromatic N) is 7. The minimum absolute atomic E-state index is 0.0174. The van der Waals surface area contributed by atoms with Crippen LogP contribution in [0.1, 0.15) is 25.5 Å². The molecule has 0 atom stereocenters. The molecule has 14 heteroatoms. The topological polar surface area (TPSA) is 118 Å². The first-order chi connectivity index (χ1) is 18.1. The first-order valence-corrected chi connectivity index (χ1v) is 12.2. The van der Waals surface area contributed by atoms with Crippen LogP contribution < -0.4 is 11.1 Å². The van der Waals surface area contributed by atoms with E-state index < -0.39 is 12.3 Å². The number of hydrogen-bond acceptors (Lipinski definition) is 9. The van der Waals surface area contributed by atoms with Crippen LogP contribution in [0.4, 0.5) is 35.0 Å². The van der Waals surface area contributed by atoms with Crippen molar-refractivity contribution in [3.63, 3.8) is 0 Å². The van der Waals surface area contributed by atoms with Gasteiger partial charge in [-0.2, -0.15) is 15.2 Å². The summed E-state index contributed by atoms with van der Waals surface area (Å²) in [6.45, 7) is 5.08. The number of anilines is 2. The van der Waals surface area contributed by atoms with Crippen molar-refractivity contribution in [1.29, 1.82) is 0 Å². The van der Waals surface area contributed by atoms with Crippen molar-refractivity contribution in [2.24, 2.45) is 10.2 Å². The van der Waals surface area contributed by atoms with E-state index in [-0.39, 0.29) is 31.4 Å². The predicted octanol–water partition coefficient (Wildman–Crippen LogP) is 4.82. The van der Waals surface area contributed by atoms with E-state index in [0.717, 1.165) is 28.2 Å². The number of aryl methyl sites for hydroxylation is 1. The normalized spacial score (nSPS) is 17.2. The quantitative estimate of drug-likeness (QED) is 0.352. The summed E-state index contributed by atoms with van der Waals surface area (Å²) in [7, 11) is 3.43. The molecule has 2 aliphatic rings. The third-order valence-electron chi connectivity index (χ3n) is 5.95. The van der Waals surface area contributed by atoms with Gasteiger partial charge in [-0.25, -0.2) is 22.1 Å². The standard InChI is InChI=1S/C14H16N8.C7H11F2NO.C3H6F2/c1-8-10(20-17-3)4-5-11(18-8)9-6-7-22-12(9)13(16-2)19-14(15)21-22;8-7(9)1-2-10(5-7)6-3-11-4-6;1-2-3(4)5/h4-7H,1-3H3,(H3,15,16,19,21);6H,1-5H2;3H,2H2,1H3. The van der Waals surface area contributed by atoms with E-state index in [1.807, 2.05) is 36.2 Å². The summed E-state index contributed by atoms with van der Waals surface area (Å²) in [4.78, 5) is 10.6. The fourth-order valence-corrected chi connectivity index (χ4v) is 3.85. The maximum atomic E-state index is 12.6. The van der Waals surface area contributed by atoms with E-state index in [4.69, 9.17) is 10.5 Å². The van der Waals surface area contributed by atoms with Gasteiger partial charge in [0.15, 0.2) is 5.82 Å². The lowest BCUT2D eigenvalue weighted by Gasteiger charge is -2.34. The zero-order chi connectivity index (χ0) is 27.9. The molecule has 5 rings (SSSR count). The van der Waals surface area contributed by atoms with Gasteiger partial charge in [-0.3, -0.25) is 9.88 Å². The van der Waals surface area contributed by atoms with Gasteiger partial charge in [0.1, 0.15) is 11.2 Å².